The van der Waals surface area contributed by atoms with Crippen LogP contribution in [0.3, 0.4) is 0 Å². The van der Waals surface area contributed by atoms with E-state index < -0.39 is 0 Å². The third-order valence-electron chi connectivity index (χ3n) is 3.30. The molecule has 2 heterocycles. The molecule has 0 radical (unpaired) electrons. The predicted molar refractivity (Wildman–Crippen MR) is 77.7 cm³/mol. The maximum absolute atomic E-state index is 12.2. The van der Waals surface area contributed by atoms with Crippen LogP contribution in [0.1, 0.15) is 42.4 Å². The van der Waals surface area contributed by atoms with E-state index in [1.807, 2.05) is 27.1 Å². The Bertz CT molecular complexity index is 604. The normalized spacial score (nSPS) is 11.1. The highest BCUT2D eigenvalue weighted by Gasteiger charge is 2.16. The molecular formula is C14H21N5O. The van der Waals surface area contributed by atoms with Crippen molar-refractivity contribution in [3.8, 4) is 0 Å². The first-order chi connectivity index (χ1) is 9.38. The number of H-pyrrole nitrogens is 1. The number of aromatic amines is 1. The number of carbonyl (C=O) groups is 1. The van der Waals surface area contributed by atoms with Gasteiger partial charge in [-0.15, -0.1) is 0 Å². The van der Waals surface area contributed by atoms with E-state index in [0.717, 1.165) is 28.3 Å². The minimum absolute atomic E-state index is 0.0486. The molecule has 6 heteroatoms. The Morgan fingerprint density at radius 1 is 1.45 bits per heavy atom. The zero-order chi connectivity index (χ0) is 14.9. The van der Waals surface area contributed by atoms with Gasteiger partial charge >= 0.3 is 0 Å². The van der Waals surface area contributed by atoms with E-state index >= 15 is 0 Å². The van der Waals surface area contributed by atoms with Crippen LogP contribution in [0, 0.1) is 13.8 Å². The Labute approximate surface area is 118 Å². The Morgan fingerprint density at radius 2 is 2.15 bits per heavy atom. The van der Waals surface area contributed by atoms with E-state index in [1.165, 1.54) is 0 Å². The molecule has 2 N–H and O–H groups in total. The molecule has 0 saturated carbocycles. The molecule has 0 saturated heterocycles. The Balaban J connectivity index is 2.13. The lowest BCUT2D eigenvalue weighted by Crippen LogP contribution is -2.16. The molecule has 0 spiro atoms. The lowest BCUT2D eigenvalue weighted by Gasteiger charge is -2.07. The van der Waals surface area contributed by atoms with Crippen LogP contribution in [0.25, 0.3) is 0 Å². The standard InChI is InChI=1S/C14H21N5O/c1-8(2)14-12(7-19(5)18-14)15-13(20)6-11-9(3)16-17-10(11)4/h7-8H,6H2,1-5H3,(H,15,20)(H,16,17). The third-order valence-corrected chi connectivity index (χ3v) is 3.30. The molecule has 0 atom stereocenters. The maximum Gasteiger partial charge on any atom is 0.229 e. The second-order valence-electron chi connectivity index (χ2n) is 5.39. The van der Waals surface area contributed by atoms with Gasteiger partial charge in [-0.1, -0.05) is 13.8 Å². The molecule has 0 bridgehead atoms. The van der Waals surface area contributed by atoms with E-state index in [9.17, 15) is 4.79 Å². The monoisotopic (exact) mass is 275 g/mol. The van der Waals surface area contributed by atoms with Crippen molar-refractivity contribution in [2.24, 2.45) is 7.05 Å². The summed E-state index contributed by atoms with van der Waals surface area (Å²) in [6, 6.07) is 0. The zero-order valence-electron chi connectivity index (χ0n) is 12.6. The number of nitrogens with zero attached hydrogens (tertiary/aromatic N) is 3. The number of nitrogens with one attached hydrogen (secondary N) is 2. The van der Waals surface area contributed by atoms with Crippen molar-refractivity contribution in [1.29, 1.82) is 0 Å². The van der Waals surface area contributed by atoms with Crippen LogP contribution in [0.4, 0.5) is 5.69 Å². The minimum Gasteiger partial charge on any atom is -0.323 e. The molecule has 0 fully saturated rings. The predicted octanol–water partition coefficient (Wildman–Crippen LogP) is 2.06. The van der Waals surface area contributed by atoms with Crippen LogP contribution in [0.15, 0.2) is 6.20 Å². The van der Waals surface area contributed by atoms with Crippen molar-refractivity contribution >= 4 is 11.6 Å². The highest BCUT2D eigenvalue weighted by Crippen LogP contribution is 2.22. The number of anilines is 1. The van der Waals surface area contributed by atoms with Crippen molar-refractivity contribution in [2.75, 3.05) is 5.32 Å². The summed E-state index contributed by atoms with van der Waals surface area (Å²) in [5, 5.41) is 14.3. The number of aryl methyl sites for hydroxylation is 3. The fraction of sp³-hybridized carbons (Fsp3) is 0.500. The van der Waals surface area contributed by atoms with Crippen LogP contribution in [0.2, 0.25) is 0 Å². The topological polar surface area (TPSA) is 75.6 Å². The first-order valence-electron chi connectivity index (χ1n) is 6.72. The maximum atomic E-state index is 12.2. The highest BCUT2D eigenvalue weighted by atomic mass is 16.1. The molecule has 0 aliphatic heterocycles. The van der Waals surface area contributed by atoms with Gasteiger partial charge in [0.1, 0.15) is 0 Å². The molecule has 0 unspecified atom stereocenters. The molecule has 1 amide bonds. The van der Waals surface area contributed by atoms with E-state index in [2.05, 4.69) is 34.5 Å². The van der Waals surface area contributed by atoms with Gasteiger partial charge < -0.3 is 5.32 Å². The van der Waals surface area contributed by atoms with E-state index in [4.69, 9.17) is 0 Å². The van der Waals surface area contributed by atoms with Gasteiger partial charge in [0.25, 0.3) is 0 Å². The van der Waals surface area contributed by atoms with Crippen molar-refractivity contribution in [3.63, 3.8) is 0 Å². The smallest absolute Gasteiger partial charge is 0.229 e. The molecular weight excluding hydrogens is 254 g/mol. The van der Waals surface area contributed by atoms with Gasteiger partial charge in [-0.05, 0) is 19.8 Å². The Hall–Kier alpha value is -2.11. The number of aromatic nitrogens is 4. The molecule has 6 nitrogen and oxygen atoms in total. The molecule has 108 valence electrons. The second-order valence-corrected chi connectivity index (χ2v) is 5.39. The Kier molecular flexibility index (Phi) is 3.92. The lowest BCUT2D eigenvalue weighted by atomic mass is 10.1. The van der Waals surface area contributed by atoms with Gasteiger partial charge in [-0.2, -0.15) is 10.2 Å². The average Bonchev–Trinajstić information content (AvgIpc) is 2.86. The van der Waals surface area contributed by atoms with Crippen molar-refractivity contribution in [3.05, 3.63) is 28.8 Å². The largest absolute Gasteiger partial charge is 0.323 e. The van der Waals surface area contributed by atoms with Crippen LogP contribution >= 0.6 is 0 Å². The number of rotatable bonds is 4. The highest BCUT2D eigenvalue weighted by molar-refractivity contribution is 5.93. The summed E-state index contributed by atoms with van der Waals surface area (Å²) in [6.07, 6.45) is 2.16. The summed E-state index contributed by atoms with van der Waals surface area (Å²) in [5.74, 6) is 0.219. The van der Waals surface area contributed by atoms with Crippen molar-refractivity contribution < 1.29 is 4.79 Å². The number of hydrogen-bond donors (Lipinski definition) is 2. The minimum atomic E-state index is -0.0486. The number of amides is 1. The fourth-order valence-corrected chi connectivity index (χ4v) is 2.22. The summed E-state index contributed by atoms with van der Waals surface area (Å²) in [7, 11) is 1.85. The SMILES string of the molecule is Cc1n[nH]c(C)c1CC(=O)Nc1cn(C)nc1C(C)C. The van der Waals surface area contributed by atoms with Crippen LogP contribution in [-0.2, 0) is 18.3 Å². The first kappa shape index (κ1) is 14.3. The molecule has 20 heavy (non-hydrogen) atoms. The third kappa shape index (κ3) is 2.89. The zero-order valence-corrected chi connectivity index (χ0v) is 12.6. The van der Waals surface area contributed by atoms with Gasteiger partial charge in [0.05, 0.1) is 23.5 Å². The summed E-state index contributed by atoms with van der Waals surface area (Å²) in [4.78, 5) is 12.2. The second kappa shape index (κ2) is 5.48. The summed E-state index contributed by atoms with van der Waals surface area (Å²) in [5.41, 5.74) is 4.45. The molecule has 0 aromatic carbocycles. The van der Waals surface area contributed by atoms with Crippen LogP contribution in [0.5, 0.6) is 0 Å². The van der Waals surface area contributed by atoms with Gasteiger partial charge in [0, 0.05) is 24.5 Å². The lowest BCUT2D eigenvalue weighted by molar-refractivity contribution is -0.115. The molecule has 2 aromatic rings. The van der Waals surface area contributed by atoms with Gasteiger partial charge in [0.2, 0.25) is 5.91 Å². The molecule has 0 aliphatic rings. The van der Waals surface area contributed by atoms with E-state index in [0.29, 0.717) is 6.42 Å². The summed E-state index contributed by atoms with van der Waals surface area (Å²) < 4.78 is 1.72. The van der Waals surface area contributed by atoms with E-state index in [1.54, 1.807) is 4.68 Å². The summed E-state index contributed by atoms with van der Waals surface area (Å²) >= 11 is 0. The number of hydrogen-bond acceptors (Lipinski definition) is 3. The summed E-state index contributed by atoms with van der Waals surface area (Å²) in [6.45, 7) is 7.94. The van der Waals surface area contributed by atoms with Crippen LogP contribution in [-0.4, -0.2) is 25.9 Å². The molecule has 2 aromatic heterocycles. The Morgan fingerprint density at radius 3 is 2.70 bits per heavy atom. The van der Waals surface area contributed by atoms with Gasteiger partial charge in [-0.25, -0.2) is 0 Å². The average molecular weight is 275 g/mol. The van der Waals surface area contributed by atoms with Crippen molar-refractivity contribution in [2.45, 2.75) is 40.0 Å². The van der Waals surface area contributed by atoms with Crippen molar-refractivity contribution in [1.82, 2.24) is 20.0 Å². The van der Waals surface area contributed by atoms with Crippen LogP contribution < -0.4 is 5.32 Å². The fourth-order valence-electron chi connectivity index (χ4n) is 2.22. The molecule has 2 rings (SSSR count). The molecule has 0 aliphatic carbocycles. The van der Waals surface area contributed by atoms with E-state index in [-0.39, 0.29) is 11.8 Å². The van der Waals surface area contributed by atoms with Gasteiger partial charge in [-0.3, -0.25) is 14.6 Å². The first-order valence-corrected chi connectivity index (χ1v) is 6.72. The quantitative estimate of drug-likeness (QED) is 0.896. The number of carbonyl (C=O) groups excluding carboxylic acids is 1. The van der Waals surface area contributed by atoms with Gasteiger partial charge in [0.15, 0.2) is 0 Å².